The number of fused-ring (bicyclic) bond motifs is 8. The molecule has 1 fully saturated rings. The lowest BCUT2D eigenvalue weighted by Gasteiger charge is -2.14. The van der Waals surface area contributed by atoms with Crippen LogP contribution < -0.4 is 15.8 Å². The number of amides is 1. The van der Waals surface area contributed by atoms with Gasteiger partial charge >= 0.3 is 5.97 Å². The molecule has 13 rings (SSSR count). The number of halogens is 6. The van der Waals surface area contributed by atoms with Gasteiger partial charge in [0.05, 0.1) is 84.6 Å². The number of carbonyl (C=O) groups excluding carboxylic acids is 1. The number of nitrogens with zero attached hydrogens (tertiary/aromatic N) is 5. The van der Waals surface area contributed by atoms with Gasteiger partial charge in [-0.3, -0.25) is 14.4 Å². The summed E-state index contributed by atoms with van der Waals surface area (Å²) in [5.74, 6) is -3.54. The second-order valence-electron chi connectivity index (χ2n) is 17.6. The van der Waals surface area contributed by atoms with Crippen molar-refractivity contribution in [3.05, 3.63) is 167 Å². The first-order valence-corrected chi connectivity index (χ1v) is 25.6. The molecule has 19 nitrogen and oxygen atoms in total. The van der Waals surface area contributed by atoms with Gasteiger partial charge in [0.25, 0.3) is 17.0 Å². The summed E-state index contributed by atoms with van der Waals surface area (Å²) in [6.45, 7) is -0.211. The van der Waals surface area contributed by atoms with Crippen LogP contribution in [-0.2, 0) is 23.1 Å². The topological polar surface area (TPSA) is 273 Å². The van der Waals surface area contributed by atoms with Gasteiger partial charge in [0.15, 0.2) is 5.65 Å². The molecule has 3 aromatic carbocycles. The van der Waals surface area contributed by atoms with Crippen molar-refractivity contribution in [1.29, 1.82) is 0 Å². The molecule has 0 atom stereocenters. The number of hydrogen-bond acceptors (Lipinski definition) is 11. The van der Waals surface area contributed by atoms with Crippen molar-refractivity contribution >= 4 is 134 Å². The summed E-state index contributed by atoms with van der Waals surface area (Å²) in [5, 5.41) is 11.0. The Morgan fingerprint density at radius 1 is 0.724 bits per heavy atom. The quantitative estimate of drug-likeness (QED) is 0.0698. The molecule has 12 aromatic rings. The van der Waals surface area contributed by atoms with Gasteiger partial charge in [-0.1, -0.05) is 23.2 Å². The summed E-state index contributed by atoms with van der Waals surface area (Å²) < 4.78 is 72.3. The van der Waals surface area contributed by atoms with Crippen molar-refractivity contribution in [3.63, 3.8) is 0 Å². The molecule has 0 radical (unpaired) electrons. The monoisotopic (exact) mass is 1120 g/mol. The van der Waals surface area contributed by atoms with E-state index in [-0.39, 0.29) is 106 Å². The molecule has 1 saturated carbocycles. The highest BCUT2D eigenvalue weighted by Gasteiger charge is 2.39. The number of carboxylic acids is 1. The maximum absolute atomic E-state index is 15.4. The van der Waals surface area contributed by atoms with Gasteiger partial charge in [0.1, 0.15) is 39.3 Å². The number of nitrogens with one attached hydrogen (secondary N) is 5. The number of rotatable bonds is 10. The molecule has 0 aliphatic heterocycles. The van der Waals surface area contributed by atoms with E-state index in [1.54, 1.807) is 30.3 Å². The molecule has 1 aliphatic rings. The van der Waals surface area contributed by atoms with Crippen LogP contribution in [0.1, 0.15) is 44.9 Å². The maximum Gasteiger partial charge on any atom is 0.353 e. The average Bonchev–Trinajstić information content (AvgIpc) is 4.06. The summed E-state index contributed by atoms with van der Waals surface area (Å²) in [4.78, 5) is 75.7. The van der Waals surface area contributed by atoms with Gasteiger partial charge in [0.2, 0.25) is 20.6 Å². The van der Waals surface area contributed by atoms with Crippen LogP contribution in [0.25, 0.3) is 88.2 Å². The fourth-order valence-corrected chi connectivity index (χ4v) is 11.6. The number of furan rings is 2. The molecule has 0 bridgehead atoms. The number of carboxylic acid groups (broad SMARTS) is 1. The summed E-state index contributed by atoms with van der Waals surface area (Å²) in [5.41, 5.74) is 2.27. The Bertz CT molecular complexity index is 4700. The SMILES string of the molecule is O=C(NS(=O)(=O)C1CC1)c1c(-c2ccc[nH]c2=O)c2c3occc3c(F)cc2n1Cc1cc2[nH]c(Cl)nc2nc1Cl.O=C(O)c1c(-c2ccc[nH]c2=O)c2c3occc3c(F)cc2n1Cc1cc2[nH]c(Cl)nc2cc1Cl. The predicted molar refractivity (Wildman–Crippen MR) is 280 cm³/mol. The standard InChI is InChI=1S/C26H17Cl2FN6O5S.C24H13Cl2FN4O4/c27-22-11(8-16-23(32-22)33-26(28)31-16)10-35-17-9-15(29)13-5-7-40-21(13)19(17)18(14-2-1-6-30-24(14)36)20(35)25(37)34-41(38,39)12-3-4-12;25-13-7-16-15(29-24(26)30-16)6-10(13)9-31-17-8-14(27)11-3-5-35-21(11)19(17)18(20(31)23(33)34)12-2-1-4-28-22(12)32/h1-2,5-9,12H,3-4,10H2,(H,30,36)(H,34,37)(H,31,32,33);1-8H,9H2,(H,28,32)(H,29,30)(H,33,34). The molecule has 1 amide bonds. The van der Waals surface area contributed by atoms with Crippen LogP contribution in [0.5, 0.6) is 0 Å². The summed E-state index contributed by atoms with van der Waals surface area (Å²) >= 11 is 24.9. The summed E-state index contributed by atoms with van der Waals surface area (Å²) in [6, 6.07) is 16.4. The minimum absolute atomic E-state index is 0.0260. The van der Waals surface area contributed by atoms with E-state index in [2.05, 4.69) is 39.6 Å². The van der Waals surface area contributed by atoms with Crippen LogP contribution in [0.4, 0.5) is 8.78 Å². The van der Waals surface area contributed by atoms with Gasteiger partial charge < -0.3 is 43.0 Å². The first-order valence-electron chi connectivity index (χ1n) is 22.6. The number of H-pyrrole nitrogens is 4. The second-order valence-corrected chi connectivity index (χ2v) is 21.0. The van der Waals surface area contributed by atoms with Gasteiger partial charge in [-0.15, -0.1) is 0 Å². The fraction of sp³-hybridized carbons (Fsp3) is 0.100. The van der Waals surface area contributed by atoms with Gasteiger partial charge in [-0.05, 0) is 108 Å². The largest absolute Gasteiger partial charge is 0.477 e. The number of aromatic amines is 4. The third-order valence-electron chi connectivity index (χ3n) is 13.0. The molecular weight excluding hydrogens is 1100 g/mol. The van der Waals surface area contributed by atoms with E-state index >= 15 is 8.78 Å². The van der Waals surface area contributed by atoms with Gasteiger partial charge in [-0.25, -0.2) is 36.7 Å². The molecule has 6 N–H and O–H groups in total. The molecular formula is C50H30Cl4F2N10O9S. The van der Waals surface area contributed by atoms with Crippen LogP contribution in [0.2, 0.25) is 20.7 Å². The Morgan fingerprint density at radius 2 is 1.26 bits per heavy atom. The molecule has 9 aromatic heterocycles. The number of aromatic carboxylic acids is 1. The Hall–Kier alpha value is -8.28. The zero-order valence-corrected chi connectivity index (χ0v) is 42.0. The van der Waals surface area contributed by atoms with Crippen LogP contribution in [0.3, 0.4) is 0 Å². The van der Waals surface area contributed by atoms with E-state index in [0.29, 0.717) is 50.9 Å². The van der Waals surface area contributed by atoms with Crippen molar-refractivity contribution in [3.8, 4) is 22.3 Å². The summed E-state index contributed by atoms with van der Waals surface area (Å²) in [7, 11) is -4.01. The molecule has 0 unspecified atom stereocenters. The number of pyridine rings is 3. The molecule has 0 saturated heterocycles. The zero-order valence-electron chi connectivity index (χ0n) is 38.2. The number of hydrogen-bond donors (Lipinski definition) is 6. The van der Waals surface area contributed by atoms with Crippen LogP contribution in [0, 0.1) is 11.6 Å². The Balaban J connectivity index is 0.000000155. The van der Waals surface area contributed by atoms with E-state index in [4.69, 9.17) is 55.2 Å². The number of sulfonamides is 1. The number of benzene rings is 3. The molecule has 76 heavy (non-hydrogen) atoms. The van der Waals surface area contributed by atoms with E-state index in [9.17, 15) is 32.7 Å². The second kappa shape index (κ2) is 18.2. The Labute approximate surface area is 442 Å². The first kappa shape index (κ1) is 48.6. The van der Waals surface area contributed by atoms with Crippen molar-refractivity contribution in [2.45, 2.75) is 31.2 Å². The minimum Gasteiger partial charge on any atom is -0.477 e. The van der Waals surface area contributed by atoms with Crippen molar-refractivity contribution in [2.75, 3.05) is 0 Å². The van der Waals surface area contributed by atoms with E-state index in [1.165, 1.54) is 70.5 Å². The number of imidazole rings is 2. The zero-order chi connectivity index (χ0) is 53.1. The van der Waals surface area contributed by atoms with Gasteiger partial charge in [0, 0.05) is 40.7 Å². The van der Waals surface area contributed by atoms with E-state index in [1.807, 2.05) is 0 Å². The maximum atomic E-state index is 15.4. The molecule has 26 heteroatoms. The minimum atomic E-state index is -4.01. The Kier molecular flexibility index (Phi) is 11.7. The van der Waals surface area contributed by atoms with Gasteiger partial charge in [-0.2, -0.15) is 4.98 Å². The third kappa shape index (κ3) is 8.16. The van der Waals surface area contributed by atoms with Crippen molar-refractivity contribution < 1.29 is 40.7 Å². The van der Waals surface area contributed by atoms with Crippen LogP contribution in [0.15, 0.2) is 110 Å². The Morgan fingerprint density at radius 3 is 1.84 bits per heavy atom. The predicted octanol–water partition coefficient (Wildman–Crippen LogP) is 10.5. The normalized spacial score (nSPS) is 12.9. The summed E-state index contributed by atoms with van der Waals surface area (Å²) in [6.07, 6.45) is 6.30. The molecule has 382 valence electrons. The van der Waals surface area contributed by atoms with Crippen LogP contribution in [-0.4, -0.2) is 74.7 Å². The third-order valence-corrected chi connectivity index (χ3v) is 15.8. The highest BCUT2D eigenvalue weighted by molar-refractivity contribution is 7.91. The van der Waals surface area contributed by atoms with E-state index in [0.717, 1.165) is 0 Å². The number of aromatic nitrogens is 9. The fourth-order valence-electron chi connectivity index (χ4n) is 9.55. The van der Waals surface area contributed by atoms with Crippen molar-refractivity contribution in [2.24, 2.45) is 0 Å². The number of carbonyl (C=O) groups is 2. The smallest absolute Gasteiger partial charge is 0.353 e. The highest BCUT2D eigenvalue weighted by atomic mass is 35.5. The highest BCUT2D eigenvalue weighted by Crippen LogP contribution is 2.43. The van der Waals surface area contributed by atoms with Crippen LogP contribution >= 0.6 is 46.4 Å². The lowest BCUT2D eigenvalue weighted by molar-refractivity contribution is 0.0686. The lowest BCUT2D eigenvalue weighted by Crippen LogP contribution is -2.35. The average molecular weight is 1130 g/mol. The first-order chi connectivity index (χ1) is 36.4. The van der Waals surface area contributed by atoms with Crippen molar-refractivity contribution in [1.82, 2.24) is 48.7 Å². The molecule has 0 spiro atoms. The van der Waals surface area contributed by atoms with E-state index < -0.39 is 49.9 Å². The molecule has 1 aliphatic carbocycles. The molecule has 9 heterocycles. The lowest BCUT2D eigenvalue weighted by atomic mass is 10.0.